The van der Waals surface area contributed by atoms with E-state index in [1.807, 2.05) is 0 Å². The van der Waals surface area contributed by atoms with Crippen LogP contribution < -0.4 is 5.32 Å². The molecule has 0 saturated heterocycles. The van der Waals surface area contributed by atoms with Gasteiger partial charge in [0, 0.05) is 17.2 Å². The summed E-state index contributed by atoms with van der Waals surface area (Å²) in [5, 5.41) is 2.92. The highest BCUT2D eigenvalue weighted by Gasteiger charge is 2.42. The van der Waals surface area contributed by atoms with Gasteiger partial charge in [-0.15, -0.1) is 0 Å². The molecular weight excluding hydrogens is 222 g/mol. The molecule has 1 aromatic carbocycles. The number of likely N-dealkylation sites (N-methyl/N-ethyl adjacent to an activating group) is 1. The summed E-state index contributed by atoms with van der Waals surface area (Å²) in [6.45, 7) is 0. The molecule has 0 radical (unpaired) electrons. The van der Waals surface area contributed by atoms with Gasteiger partial charge in [-0.05, 0) is 26.3 Å². The zero-order valence-electron chi connectivity index (χ0n) is 8.71. The molecule has 0 unspecified atom stereocenters. The van der Waals surface area contributed by atoms with Gasteiger partial charge in [0.15, 0.2) is 23.3 Å². The molecule has 0 aromatic heterocycles. The molecule has 0 spiro atoms. The van der Waals surface area contributed by atoms with E-state index < -0.39 is 34.4 Å². The first-order valence-electron chi connectivity index (χ1n) is 5.00. The van der Waals surface area contributed by atoms with Crippen molar-refractivity contribution in [2.24, 2.45) is 0 Å². The number of nitrogens with one attached hydrogen (secondary N) is 1. The van der Waals surface area contributed by atoms with Crippen LogP contribution in [0.2, 0.25) is 0 Å². The van der Waals surface area contributed by atoms with Gasteiger partial charge in [-0.3, -0.25) is 0 Å². The van der Waals surface area contributed by atoms with E-state index in [0.29, 0.717) is 0 Å². The molecular formula is C11H11F4N. The molecule has 1 aliphatic carbocycles. The minimum atomic E-state index is -1.35. The van der Waals surface area contributed by atoms with Crippen molar-refractivity contribution in [1.29, 1.82) is 0 Å². The van der Waals surface area contributed by atoms with E-state index in [0.717, 1.165) is 12.8 Å². The fourth-order valence-electron chi connectivity index (χ4n) is 1.78. The first-order valence-corrected chi connectivity index (χ1v) is 5.00. The van der Waals surface area contributed by atoms with E-state index in [2.05, 4.69) is 5.32 Å². The van der Waals surface area contributed by atoms with E-state index in [1.165, 1.54) is 0 Å². The lowest BCUT2D eigenvalue weighted by Gasteiger charge is -2.15. The van der Waals surface area contributed by atoms with Gasteiger partial charge < -0.3 is 5.32 Å². The molecule has 0 heterocycles. The zero-order chi connectivity index (χ0) is 11.9. The van der Waals surface area contributed by atoms with E-state index in [4.69, 9.17) is 0 Å². The number of halogens is 4. The first-order chi connectivity index (χ1) is 7.49. The standard InChI is InChI=1S/C11H11F4N/c1-16-11(2-3-11)5-6-9(14)7(12)4-8(13)10(6)15/h4,16H,2-3,5H2,1H3. The Balaban J connectivity index is 2.39. The van der Waals surface area contributed by atoms with Gasteiger partial charge in [-0.25, -0.2) is 17.6 Å². The van der Waals surface area contributed by atoms with Crippen molar-refractivity contribution in [2.75, 3.05) is 7.05 Å². The summed E-state index contributed by atoms with van der Waals surface area (Å²) in [6.07, 6.45) is 1.47. The Bertz CT molecular complexity index is 400. The summed E-state index contributed by atoms with van der Waals surface area (Å²) < 4.78 is 52.5. The molecule has 1 nitrogen and oxygen atoms in total. The van der Waals surface area contributed by atoms with Crippen LogP contribution in [0, 0.1) is 23.3 Å². The van der Waals surface area contributed by atoms with Crippen LogP contribution in [0.15, 0.2) is 6.07 Å². The highest BCUT2D eigenvalue weighted by atomic mass is 19.2. The van der Waals surface area contributed by atoms with Crippen LogP contribution in [0.25, 0.3) is 0 Å². The highest BCUT2D eigenvalue weighted by Crippen LogP contribution is 2.39. The lowest BCUT2D eigenvalue weighted by atomic mass is 10.0. The molecule has 0 amide bonds. The predicted molar refractivity (Wildman–Crippen MR) is 51.0 cm³/mol. The Morgan fingerprint density at radius 3 is 2.00 bits per heavy atom. The SMILES string of the molecule is CNC1(Cc2c(F)c(F)cc(F)c2F)CC1. The van der Waals surface area contributed by atoms with Gasteiger partial charge in [-0.1, -0.05) is 0 Å². The highest BCUT2D eigenvalue weighted by molar-refractivity contribution is 5.26. The zero-order valence-corrected chi connectivity index (χ0v) is 8.71. The fraction of sp³-hybridized carbons (Fsp3) is 0.455. The lowest BCUT2D eigenvalue weighted by Crippen LogP contribution is -2.30. The predicted octanol–water partition coefficient (Wildman–Crippen LogP) is 2.54. The van der Waals surface area contributed by atoms with E-state index in [1.54, 1.807) is 7.05 Å². The Hall–Kier alpha value is -1.10. The van der Waals surface area contributed by atoms with Crippen molar-refractivity contribution in [3.63, 3.8) is 0 Å². The molecule has 2 rings (SSSR count). The molecule has 0 atom stereocenters. The molecule has 1 aliphatic rings. The Kier molecular flexibility index (Phi) is 2.66. The van der Waals surface area contributed by atoms with Crippen LogP contribution in [0.1, 0.15) is 18.4 Å². The van der Waals surface area contributed by atoms with Crippen molar-refractivity contribution >= 4 is 0 Å². The Labute approximate surface area is 90.5 Å². The smallest absolute Gasteiger partial charge is 0.165 e. The minimum absolute atomic E-state index is 0.0319. The monoisotopic (exact) mass is 233 g/mol. The topological polar surface area (TPSA) is 12.0 Å². The molecule has 5 heteroatoms. The van der Waals surface area contributed by atoms with E-state index >= 15 is 0 Å². The summed E-state index contributed by atoms with van der Waals surface area (Å²) in [7, 11) is 1.67. The molecule has 1 saturated carbocycles. The third kappa shape index (κ3) is 1.80. The maximum atomic E-state index is 13.3. The van der Waals surface area contributed by atoms with Gasteiger partial charge in [0.05, 0.1) is 0 Å². The maximum absolute atomic E-state index is 13.3. The molecule has 0 bridgehead atoms. The number of hydrogen-bond donors (Lipinski definition) is 1. The second kappa shape index (κ2) is 3.73. The van der Waals surface area contributed by atoms with E-state index in [9.17, 15) is 17.6 Å². The Morgan fingerprint density at radius 1 is 1.12 bits per heavy atom. The fourth-order valence-corrected chi connectivity index (χ4v) is 1.78. The molecule has 1 N–H and O–H groups in total. The van der Waals surface area contributed by atoms with Crippen molar-refractivity contribution in [3.05, 3.63) is 34.9 Å². The van der Waals surface area contributed by atoms with Crippen molar-refractivity contribution < 1.29 is 17.6 Å². The summed E-state index contributed by atoms with van der Waals surface area (Å²) in [6, 6.07) is 0.229. The van der Waals surface area contributed by atoms with Gasteiger partial charge in [0.25, 0.3) is 0 Å². The first kappa shape index (κ1) is 11.4. The second-order valence-corrected chi connectivity index (χ2v) is 4.15. The van der Waals surface area contributed by atoms with Crippen molar-refractivity contribution in [2.45, 2.75) is 24.8 Å². The maximum Gasteiger partial charge on any atom is 0.165 e. The number of hydrogen-bond acceptors (Lipinski definition) is 1. The molecule has 16 heavy (non-hydrogen) atoms. The Morgan fingerprint density at radius 2 is 1.62 bits per heavy atom. The van der Waals surface area contributed by atoms with Gasteiger partial charge in [-0.2, -0.15) is 0 Å². The van der Waals surface area contributed by atoms with Crippen LogP contribution in [0.5, 0.6) is 0 Å². The summed E-state index contributed by atoms with van der Waals surface area (Å²) in [4.78, 5) is 0. The minimum Gasteiger partial charge on any atom is -0.314 e. The average molecular weight is 233 g/mol. The van der Waals surface area contributed by atoms with Crippen molar-refractivity contribution in [1.82, 2.24) is 5.32 Å². The van der Waals surface area contributed by atoms with Crippen molar-refractivity contribution in [3.8, 4) is 0 Å². The van der Waals surface area contributed by atoms with Gasteiger partial charge >= 0.3 is 0 Å². The van der Waals surface area contributed by atoms with Gasteiger partial charge in [0.1, 0.15) is 0 Å². The number of rotatable bonds is 3. The number of benzene rings is 1. The van der Waals surface area contributed by atoms with Crippen LogP contribution in [0.3, 0.4) is 0 Å². The summed E-state index contributed by atoms with van der Waals surface area (Å²) >= 11 is 0. The molecule has 0 aliphatic heterocycles. The second-order valence-electron chi connectivity index (χ2n) is 4.15. The molecule has 88 valence electrons. The van der Waals surface area contributed by atoms with Crippen LogP contribution in [0.4, 0.5) is 17.6 Å². The molecule has 1 aromatic rings. The normalized spacial score (nSPS) is 17.6. The van der Waals surface area contributed by atoms with Crippen LogP contribution in [-0.2, 0) is 6.42 Å². The van der Waals surface area contributed by atoms with Crippen LogP contribution in [-0.4, -0.2) is 12.6 Å². The van der Waals surface area contributed by atoms with Crippen LogP contribution >= 0.6 is 0 Å². The summed E-state index contributed by atoms with van der Waals surface area (Å²) in [5.41, 5.74) is -0.911. The quantitative estimate of drug-likeness (QED) is 0.625. The van der Waals surface area contributed by atoms with E-state index in [-0.39, 0.29) is 12.5 Å². The van der Waals surface area contributed by atoms with Gasteiger partial charge in [0.2, 0.25) is 0 Å². The lowest BCUT2D eigenvalue weighted by molar-refractivity contribution is 0.423. The third-order valence-corrected chi connectivity index (χ3v) is 3.10. The third-order valence-electron chi connectivity index (χ3n) is 3.10. The largest absolute Gasteiger partial charge is 0.314 e. The average Bonchev–Trinajstić information content (AvgIpc) is 3.02. The summed E-state index contributed by atoms with van der Waals surface area (Å²) in [5.74, 6) is -5.28. The molecule has 1 fully saturated rings.